The maximum absolute atomic E-state index is 5.38. The van der Waals surface area contributed by atoms with Crippen molar-refractivity contribution in [3.63, 3.8) is 0 Å². The maximum Gasteiger partial charge on any atom is 0.233 e. The lowest BCUT2D eigenvalue weighted by Gasteiger charge is -2.05. The Kier molecular flexibility index (Phi) is 3.11. The van der Waals surface area contributed by atoms with Gasteiger partial charge in [-0.15, -0.1) is 0 Å². The van der Waals surface area contributed by atoms with Crippen molar-refractivity contribution in [2.75, 3.05) is 13.2 Å². The van der Waals surface area contributed by atoms with Crippen LogP contribution in [0, 0.1) is 0 Å². The SMILES string of the molecule is C[C@H](c1ccccc1)c1nc([C@@H]2CCOC2)no1. The van der Waals surface area contributed by atoms with Gasteiger partial charge in [0.05, 0.1) is 12.5 Å². The van der Waals surface area contributed by atoms with Gasteiger partial charge < -0.3 is 9.26 Å². The highest BCUT2D eigenvalue weighted by Crippen LogP contribution is 2.26. The van der Waals surface area contributed by atoms with Crippen LogP contribution in [0.3, 0.4) is 0 Å². The summed E-state index contributed by atoms with van der Waals surface area (Å²) >= 11 is 0. The number of nitrogens with zero attached hydrogens (tertiary/aromatic N) is 2. The van der Waals surface area contributed by atoms with Crippen molar-refractivity contribution in [2.45, 2.75) is 25.2 Å². The Morgan fingerprint density at radius 1 is 1.28 bits per heavy atom. The zero-order valence-corrected chi connectivity index (χ0v) is 10.4. The molecule has 3 rings (SSSR count). The van der Waals surface area contributed by atoms with E-state index in [2.05, 4.69) is 29.2 Å². The zero-order valence-electron chi connectivity index (χ0n) is 10.4. The van der Waals surface area contributed by atoms with Crippen LogP contribution in [0.25, 0.3) is 0 Å². The molecule has 1 aliphatic heterocycles. The van der Waals surface area contributed by atoms with Gasteiger partial charge in [-0.2, -0.15) is 4.98 Å². The topological polar surface area (TPSA) is 48.2 Å². The summed E-state index contributed by atoms with van der Waals surface area (Å²) in [5, 5.41) is 4.08. The third kappa shape index (κ3) is 2.16. The van der Waals surface area contributed by atoms with E-state index in [1.165, 1.54) is 5.56 Å². The first-order valence-corrected chi connectivity index (χ1v) is 6.31. The third-order valence-corrected chi connectivity index (χ3v) is 3.42. The van der Waals surface area contributed by atoms with E-state index in [9.17, 15) is 0 Å². The molecule has 1 aromatic heterocycles. The molecule has 4 heteroatoms. The predicted octanol–water partition coefficient (Wildman–Crippen LogP) is 2.73. The third-order valence-electron chi connectivity index (χ3n) is 3.42. The highest BCUT2D eigenvalue weighted by atomic mass is 16.5. The molecule has 0 N–H and O–H groups in total. The molecule has 0 saturated carbocycles. The quantitative estimate of drug-likeness (QED) is 0.833. The molecule has 2 atom stereocenters. The molecule has 0 amide bonds. The standard InChI is InChI=1S/C14H16N2O2/c1-10(11-5-3-2-4-6-11)14-15-13(16-18-14)12-7-8-17-9-12/h2-6,10,12H,7-9H2,1H3/t10-,12-/m1/s1. The molecule has 1 saturated heterocycles. The van der Waals surface area contributed by atoms with Crippen LogP contribution in [-0.4, -0.2) is 23.4 Å². The van der Waals surface area contributed by atoms with Crippen molar-refractivity contribution in [2.24, 2.45) is 0 Å². The van der Waals surface area contributed by atoms with Gasteiger partial charge in [0.15, 0.2) is 5.82 Å². The minimum absolute atomic E-state index is 0.134. The molecule has 0 radical (unpaired) electrons. The van der Waals surface area contributed by atoms with Crippen LogP contribution in [-0.2, 0) is 4.74 Å². The normalized spacial score (nSPS) is 21.1. The lowest BCUT2D eigenvalue weighted by atomic mass is 10.0. The van der Waals surface area contributed by atoms with Crippen LogP contribution >= 0.6 is 0 Å². The lowest BCUT2D eigenvalue weighted by molar-refractivity contribution is 0.192. The van der Waals surface area contributed by atoms with Crippen molar-refractivity contribution in [1.29, 1.82) is 0 Å². The Bertz CT molecular complexity index is 504. The molecule has 0 aliphatic carbocycles. The van der Waals surface area contributed by atoms with E-state index in [-0.39, 0.29) is 5.92 Å². The van der Waals surface area contributed by atoms with E-state index in [1.807, 2.05) is 18.2 Å². The molecular formula is C14H16N2O2. The molecule has 4 nitrogen and oxygen atoms in total. The molecular weight excluding hydrogens is 228 g/mol. The minimum Gasteiger partial charge on any atom is -0.381 e. The van der Waals surface area contributed by atoms with Gasteiger partial charge in [-0.3, -0.25) is 0 Å². The average molecular weight is 244 g/mol. The van der Waals surface area contributed by atoms with E-state index in [0.717, 1.165) is 18.9 Å². The van der Waals surface area contributed by atoms with Gasteiger partial charge in [0, 0.05) is 12.5 Å². The number of ether oxygens (including phenoxy) is 1. The first kappa shape index (κ1) is 11.4. The van der Waals surface area contributed by atoms with Gasteiger partial charge in [-0.05, 0) is 18.9 Å². The number of hydrogen-bond acceptors (Lipinski definition) is 4. The molecule has 2 aromatic rings. The summed E-state index contributed by atoms with van der Waals surface area (Å²) < 4.78 is 10.7. The Morgan fingerprint density at radius 3 is 2.83 bits per heavy atom. The highest BCUT2D eigenvalue weighted by Gasteiger charge is 2.24. The fraction of sp³-hybridized carbons (Fsp3) is 0.429. The van der Waals surface area contributed by atoms with Gasteiger partial charge >= 0.3 is 0 Å². The fourth-order valence-corrected chi connectivity index (χ4v) is 2.21. The summed E-state index contributed by atoms with van der Waals surface area (Å²) in [5.41, 5.74) is 1.19. The van der Waals surface area contributed by atoms with E-state index in [4.69, 9.17) is 9.26 Å². The van der Waals surface area contributed by atoms with Crippen molar-refractivity contribution in [3.8, 4) is 0 Å². The first-order valence-electron chi connectivity index (χ1n) is 6.31. The molecule has 0 spiro atoms. The van der Waals surface area contributed by atoms with Crippen LogP contribution in [0.15, 0.2) is 34.9 Å². The lowest BCUT2D eigenvalue weighted by Crippen LogP contribution is -2.01. The Labute approximate surface area is 106 Å². The highest BCUT2D eigenvalue weighted by molar-refractivity contribution is 5.23. The van der Waals surface area contributed by atoms with Crippen LogP contribution in [0.5, 0.6) is 0 Å². The second kappa shape index (κ2) is 4.90. The van der Waals surface area contributed by atoms with E-state index < -0.39 is 0 Å². The molecule has 1 aliphatic rings. The predicted molar refractivity (Wildman–Crippen MR) is 66.4 cm³/mol. The van der Waals surface area contributed by atoms with Crippen LogP contribution in [0.4, 0.5) is 0 Å². The molecule has 0 unspecified atom stereocenters. The number of rotatable bonds is 3. The monoisotopic (exact) mass is 244 g/mol. The number of benzene rings is 1. The summed E-state index contributed by atoms with van der Waals surface area (Å²) in [5.74, 6) is 1.90. The zero-order chi connectivity index (χ0) is 12.4. The van der Waals surface area contributed by atoms with Crippen molar-refractivity contribution >= 4 is 0 Å². The summed E-state index contributed by atoms with van der Waals surface area (Å²) in [6.07, 6.45) is 0.985. The van der Waals surface area contributed by atoms with Crippen LogP contribution < -0.4 is 0 Å². The fourth-order valence-electron chi connectivity index (χ4n) is 2.21. The Hall–Kier alpha value is -1.68. The van der Waals surface area contributed by atoms with Crippen LogP contribution in [0.1, 0.15) is 42.5 Å². The molecule has 1 aromatic carbocycles. The summed E-state index contributed by atoms with van der Waals surface area (Å²) in [6, 6.07) is 10.2. The van der Waals surface area contributed by atoms with E-state index in [1.54, 1.807) is 0 Å². The average Bonchev–Trinajstić information content (AvgIpc) is 3.09. The molecule has 1 fully saturated rings. The molecule has 2 heterocycles. The summed E-state index contributed by atoms with van der Waals surface area (Å²) in [6.45, 7) is 3.58. The van der Waals surface area contributed by atoms with Crippen molar-refractivity contribution in [3.05, 3.63) is 47.6 Å². The van der Waals surface area contributed by atoms with Crippen molar-refractivity contribution in [1.82, 2.24) is 10.1 Å². The minimum atomic E-state index is 0.134. The van der Waals surface area contributed by atoms with Gasteiger partial charge in [-0.1, -0.05) is 35.5 Å². The first-order chi connectivity index (χ1) is 8.84. The van der Waals surface area contributed by atoms with Crippen molar-refractivity contribution < 1.29 is 9.26 Å². The second-order valence-corrected chi connectivity index (χ2v) is 4.68. The molecule has 18 heavy (non-hydrogen) atoms. The van der Waals surface area contributed by atoms with E-state index in [0.29, 0.717) is 18.4 Å². The Morgan fingerprint density at radius 2 is 2.11 bits per heavy atom. The van der Waals surface area contributed by atoms with Crippen LogP contribution in [0.2, 0.25) is 0 Å². The second-order valence-electron chi connectivity index (χ2n) is 4.68. The molecule has 94 valence electrons. The smallest absolute Gasteiger partial charge is 0.233 e. The van der Waals surface area contributed by atoms with Gasteiger partial charge in [0.2, 0.25) is 5.89 Å². The Balaban J connectivity index is 1.80. The summed E-state index contributed by atoms with van der Waals surface area (Å²) in [4.78, 5) is 4.51. The van der Waals surface area contributed by atoms with Gasteiger partial charge in [-0.25, -0.2) is 0 Å². The summed E-state index contributed by atoms with van der Waals surface area (Å²) in [7, 11) is 0. The number of aromatic nitrogens is 2. The van der Waals surface area contributed by atoms with Gasteiger partial charge in [0.1, 0.15) is 0 Å². The number of hydrogen-bond donors (Lipinski definition) is 0. The molecule has 0 bridgehead atoms. The largest absolute Gasteiger partial charge is 0.381 e. The van der Waals surface area contributed by atoms with Gasteiger partial charge in [0.25, 0.3) is 0 Å². The van der Waals surface area contributed by atoms with E-state index >= 15 is 0 Å². The maximum atomic E-state index is 5.38.